The summed E-state index contributed by atoms with van der Waals surface area (Å²) in [5, 5.41) is 2.65. The minimum Gasteiger partial charge on any atom is -0.462 e. The molecule has 168 valence electrons. The van der Waals surface area contributed by atoms with E-state index in [1.807, 2.05) is 38.1 Å². The quantitative estimate of drug-likeness (QED) is 0.443. The van der Waals surface area contributed by atoms with Crippen molar-refractivity contribution in [2.24, 2.45) is 0 Å². The Morgan fingerprint density at radius 2 is 1.74 bits per heavy atom. The van der Waals surface area contributed by atoms with E-state index in [0.717, 1.165) is 22.7 Å². The fourth-order valence-electron chi connectivity index (χ4n) is 3.37. The van der Waals surface area contributed by atoms with Crippen LogP contribution in [0.2, 0.25) is 0 Å². The van der Waals surface area contributed by atoms with Crippen molar-refractivity contribution in [3.05, 3.63) is 46.7 Å². The minimum atomic E-state index is -0.694. The predicted octanol–water partition coefficient (Wildman–Crippen LogP) is 2.08. The van der Waals surface area contributed by atoms with Gasteiger partial charge in [0.2, 0.25) is 5.88 Å². The number of quaternary nitrogens is 1. The second kappa shape index (κ2) is 10.8. The van der Waals surface area contributed by atoms with Crippen LogP contribution in [0.4, 0.5) is 11.6 Å². The molecule has 0 aliphatic rings. The lowest BCUT2D eigenvalue weighted by molar-refractivity contribution is -0.903. The number of carbonyl (C=O) groups is 3. The number of benzene rings is 1. The molecule has 8 heteroatoms. The number of hydrogen-bond donors (Lipinski definition) is 2. The summed E-state index contributed by atoms with van der Waals surface area (Å²) in [6.07, 6.45) is 0. The summed E-state index contributed by atoms with van der Waals surface area (Å²) in [4.78, 5) is 40.2. The molecule has 1 aromatic carbocycles. The Bertz CT molecular complexity index is 931. The van der Waals surface area contributed by atoms with Crippen LogP contribution >= 0.6 is 0 Å². The number of nitrogens with one attached hydrogen (secondary N) is 2. The second-order valence-corrected chi connectivity index (χ2v) is 7.58. The molecule has 1 unspecified atom stereocenters. The Hall–Kier alpha value is -3.13. The van der Waals surface area contributed by atoms with Crippen molar-refractivity contribution >= 4 is 29.2 Å². The van der Waals surface area contributed by atoms with Gasteiger partial charge in [0.1, 0.15) is 17.9 Å². The average molecular weight is 431 g/mol. The third kappa shape index (κ3) is 6.18. The molecule has 8 nitrogen and oxygen atoms in total. The van der Waals surface area contributed by atoms with Gasteiger partial charge < -0.3 is 19.0 Å². The minimum absolute atomic E-state index is 0.0301. The number of Topliss-reactive ketones (excluding diaryl/α,β-unsaturated/α-hetero) is 1. The average Bonchev–Trinajstić information content (AvgIpc) is 3.03. The number of anilines is 2. The Morgan fingerprint density at radius 1 is 1.10 bits per heavy atom. The van der Waals surface area contributed by atoms with Gasteiger partial charge in [0.25, 0.3) is 5.91 Å². The van der Waals surface area contributed by atoms with E-state index < -0.39 is 5.97 Å². The van der Waals surface area contributed by atoms with Crippen molar-refractivity contribution in [1.29, 1.82) is 0 Å². The Kier molecular flexibility index (Phi) is 8.38. The number of carbonyl (C=O) groups excluding carboxylic acids is 3. The predicted molar refractivity (Wildman–Crippen MR) is 119 cm³/mol. The van der Waals surface area contributed by atoms with Gasteiger partial charge in [-0.25, -0.2) is 4.79 Å². The summed E-state index contributed by atoms with van der Waals surface area (Å²) >= 11 is 0. The monoisotopic (exact) mass is 430 g/mol. The molecular formula is C23H32N3O5+. The number of esters is 1. The summed E-state index contributed by atoms with van der Waals surface area (Å²) < 4.78 is 10.6. The van der Waals surface area contributed by atoms with Crippen LogP contribution in [0.3, 0.4) is 0 Å². The molecule has 1 atom stereocenters. The number of likely N-dealkylation sites (N-methyl/N-ethyl adjacent to an activating group) is 1. The first-order valence-electron chi connectivity index (χ1n) is 10.4. The number of ketones is 1. The molecule has 0 saturated heterocycles. The van der Waals surface area contributed by atoms with E-state index in [1.165, 1.54) is 6.92 Å². The molecule has 0 aliphatic carbocycles. The standard InChI is InChI=1S/C23H31N3O5/c1-7-26(13-17-9-11-18(12-10-17)25(5)6)14-19(28)24-22-21(23(29)30-8-2)20(15(3)27)16(4)31-22/h9-12H,7-8,13-14H2,1-6H3,(H,24,28)/p+1. The normalized spacial score (nSPS) is 11.7. The van der Waals surface area contributed by atoms with Crippen molar-refractivity contribution in [2.75, 3.05) is 44.0 Å². The first kappa shape index (κ1) is 24.1. The number of hydrogen-bond acceptors (Lipinski definition) is 6. The van der Waals surface area contributed by atoms with Gasteiger partial charge in [-0.15, -0.1) is 0 Å². The van der Waals surface area contributed by atoms with Gasteiger partial charge in [-0.3, -0.25) is 14.9 Å². The molecule has 0 aliphatic heterocycles. The highest BCUT2D eigenvalue weighted by molar-refractivity contribution is 6.10. The van der Waals surface area contributed by atoms with Gasteiger partial charge in [0.15, 0.2) is 12.3 Å². The molecule has 1 amide bonds. The van der Waals surface area contributed by atoms with E-state index in [-0.39, 0.29) is 47.6 Å². The zero-order chi connectivity index (χ0) is 23.1. The van der Waals surface area contributed by atoms with Crippen molar-refractivity contribution in [1.82, 2.24) is 0 Å². The van der Waals surface area contributed by atoms with Crippen molar-refractivity contribution < 1.29 is 28.4 Å². The number of amides is 1. The summed E-state index contributed by atoms with van der Waals surface area (Å²) in [5.41, 5.74) is 2.34. The summed E-state index contributed by atoms with van der Waals surface area (Å²) in [5.74, 6) is -1.10. The number of ether oxygens (including phenoxy) is 1. The highest BCUT2D eigenvalue weighted by Gasteiger charge is 2.29. The van der Waals surface area contributed by atoms with Crippen LogP contribution in [0.5, 0.6) is 0 Å². The molecule has 0 saturated carbocycles. The molecule has 2 aromatic rings. The van der Waals surface area contributed by atoms with Crippen LogP contribution < -0.4 is 15.1 Å². The van der Waals surface area contributed by atoms with Crippen LogP contribution in [0, 0.1) is 6.92 Å². The van der Waals surface area contributed by atoms with Crippen LogP contribution in [-0.4, -0.2) is 51.5 Å². The maximum Gasteiger partial charge on any atom is 0.344 e. The molecule has 0 radical (unpaired) electrons. The highest BCUT2D eigenvalue weighted by atomic mass is 16.5. The van der Waals surface area contributed by atoms with E-state index in [0.29, 0.717) is 6.54 Å². The van der Waals surface area contributed by atoms with Crippen LogP contribution in [0.25, 0.3) is 0 Å². The van der Waals surface area contributed by atoms with Crippen LogP contribution in [0.15, 0.2) is 28.7 Å². The molecule has 31 heavy (non-hydrogen) atoms. The number of aryl methyl sites for hydroxylation is 1. The smallest absolute Gasteiger partial charge is 0.344 e. The van der Waals surface area contributed by atoms with E-state index in [1.54, 1.807) is 13.8 Å². The first-order chi connectivity index (χ1) is 14.7. The molecule has 0 bridgehead atoms. The van der Waals surface area contributed by atoms with Gasteiger partial charge in [-0.2, -0.15) is 0 Å². The fourth-order valence-corrected chi connectivity index (χ4v) is 3.37. The van der Waals surface area contributed by atoms with E-state index >= 15 is 0 Å². The van der Waals surface area contributed by atoms with Gasteiger partial charge in [0.05, 0.1) is 18.7 Å². The zero-order valence-corrected chi connectivity index (χ0v) is 19.1. The molecular weight excluding hydrogens is 398 g/mol. The zero-order valence-electron chi connectivity index (χ0n) is 19.1. The molecule has 2 N–H and O–H groups in total. The maximum absolute atomic E-state index is 12.7. The molecule has 0 spiro atoms. The Morgan fingerprint density at radius 3 is 2.26 bits per heavy atom. The third-order valence-electron chi connectivity index (χ3n) is 4.99. The van der Waals surface area contributed by atoms with E-state index in [4.69, 9.17) is 9.15 Å². The van der Waals surface area contributed by atoms with E-state index in [2.05, 4.69) is 17.4 Å². The SMILES string of the molecule is CCOC(=O)c1c(NC(=O)C[NH+](CC)Cc2ccc(N(C)C)cc2)oc(C)c1C(C)=O. The van der Waals surface area contributed by atoms with Crippen LogP contribution in [0.1, 0.15) is 52.8 Å². The van der Waals surface area contributed by atoms with Crippen molar-refractivity contribution in [3.63, 3.8) is 0 Å². The highest BCUT2D eigenvalue weighted by Crippen LogP contribution is 2.28. The van der Waals surface area contributed by atoms with Gasteiger partial charge >= 0.3 is 5.97 Å². The van der Waals surface area contributed by atoms with Gasteiger partial charge in [0, 0.05) is 25.3 Å². The number of nitrogens with zero attached hydrogens (tertiary/aromatic N) is 1. The van der Waals surface area contributed by atoms with Crippen molar-refractivity contribution in [2.45, 2.75) is 34.2 Å². The molecule has 2 rings (SSSR count). The second-order valence-electron chi connectivity index (χ2n) is 7.58. The number of rotatable bonds is 10. The third-order valence-corrected chi connectivity index (χ3v) is 4.99. The lowest BCUT2D eigenvalue weighted by atomic mass is 10.1. The Labute approximate surface area is 183 Å². The molecule has 1 aromatic heterocycles. The summed E-state index contributed by atoms with van der Waals surface area (Å²) in [7, 11) is 3.97. The molecule has 1 heterocycles. The fraction of sp³-hybridized carbons (Fsp3) is 0.435. The first-order valence-corrected chi connectivity index (χ1v) is 10.4. The Balaban J connectivity index is 2.14. The summed E-state index contributed by atoms with van der Waals surface area (Å²) in [6.45, 7) is 8.35. The van der Waals surface area contributed by atoms with Gasteiger partial charge in [-0.1, -0.05) is 12.1 Å². The van der Waals surface area contributed by atoms with Crippen molar-refractivity contribution in [3.8, 4) is 0 Å². The maximum atomic E-state index is 12.7. The topological polar surface area (TPSA) is 93.3 Å². The summed E-state index contributed by atoms with van der Waals surface area (Å²) in [6, 6.07) is 8.19. The molecule has 0 fully saturated rings. The largest absolute Gasteiger partial charge is 0.462 e. The lowest BCUT2D eigenvalue weighted by Crippen LogP contribution is -3.11. The van der Waals surface area contributed by atoms with Gasteiger partial charge in [-0.05, 0) is 39.8 Å². The van der Waals surface area contributed by atoms with Crippen LogP contribution in [-0.2, 0) is 16.1 Å². The lowest BCUT2D eigenvalue weighted by Gasteiger charge is -2.18. The van der Waals surface area contributed by atoms with E-state index in [9.17, 15) is 14.4 Å². The number of furan rings is 1.